The van der Waals surface area contributed by atoms with E-state index in [1.165, 1.54) is 5.56 Å². The first-order chi connectivity index (χ1) is 12.2. The van der Waals surface area contributed by atoms with Gasteiger partial charge in [0.2, 0.25) is 11.9 Å². The molecular formula is C20H18N4O. The lowest BCUT2D eigenvalue weighted by atomic mass is 10.0. The van der Waals surface area contributed by atoms with Gasteiger partial charge in [-0.1, -0.05) is 54.6 Å². The zero-order valence-corrected chi connectivity index (χ0v) is 13.7. The van der Waals surface area contributed by atoms with E-state index in [0.717, 1.165) is 22.4 Å². The van der Waals surface area contributed by atoms with E-state index >= 15 is 0 Å². The predicted molar refractivity (Wildman–Crippen MR) is 96.3 cm³/mol. The molecule has 0 unspecified atom stereocenters. The van der Waals surface area contributed by atoms with Crippen molar-refractivity contribution in [2.24, 2.45) is 0 Å². The molecule has 0 aliphatic carbocycles. The highest BCUT2D eigenvalue weighted by Crippen LogP contribution is 2.23. The van der Waals surface area contributed by atoms with Gasteiger partial charge in [-0.05, 0) is 16.7 Å². The summed E-state index contributed by atoms with van der Waals surface area (Å²) in [6.07, 6.45) is 2.09. The first kappa shape index (κ1) is 15.3. The van der Waals surface area contributed by atoms with E-state index in [1.807, 2.05) is 30.3 Å². The van der Waals surface area contributed by atoms with Crippen molar-refractivity contribution in [2.45, 2.75) is 19.5 Å². The van der Waals surface area contributed by atoms with Gasteiger partial charge < -0.3 is 10.6 Å². The number of nitrogens with two attached hydrogens (primary N) is 1. The van der Waals surface area contributed by atoms with Crippen molar-refractivity contribution in [3.63, 3.8) is 0 Å². The standard InChI is InChI=1S/C20H18N4O/c21-20-22-11-17-12-24(13-18(17)23-20)19(25)10-14-6-8-16(9-7-14)15-4-2-1-3-5-15/h1-9,11H,10,12-13H2,(H2,21,22,23). The molecule has 0 spiro atoms. The van der Waals surface area contributed by atoms with Crippen molar-refractivity contribution >= 4 is 11.9 Å². The summed E-state index contributed by atoms with van der Waals surface area (Å²) in [6, 6.07) is 18.3. The fourth-order valence-electron chi connectivity index (χ4n) is 3.08. The number of fused-ring (bicyclic) bond motifs is 1. The van der Waals surface area contributed by atoms with Crippen LogP contribution in [0, 0.1) is 0 Å². The Morgan fingerprint density at radius 1 is 1.00 bits per heavy atom. The Morgan fingerprint density at radius 3 is 2.48 bits per heavy atom. The van der Waals surface area contributed by atoms with Gasteiger partial charge in [0, 0.05) is 18.3 Å². The lowest BCUT2D eigenvalue weighted by Crippen LogP contribution is -2.26. The van der Waals surface area contributed by atoms with Crippen molar-refractivity contribution in [2.75, 3.05) is 5.73 Å². The highest BCUT2D eigenvalue weighted by Gasteiger charge is 2.25. The van der Waals surface area contributed by atoms with Crippen LogP contribution in [0.15, 0.2) is 60.8 Å². The molecule has 0 saturated carbocycles. The van der Waals surface area contributed by atoms with Gasteiger partial charge in [0.1, 0.15) is 0 Å². The Hall–Kier alpha value is -3.21. The number of hydrogen-bond donors (Lipinski definition) is 1. The number of benzene rings is 2. The summed E-state index contributed by atoms with van der Waals surface area (Å²) in [6.45, 7) is 1.06. The molecule has 2 heterocycles. The number of carbonyl (C=O) groups is 1. The number of anilines is 1. The number of carbonyl (C=O) groups excluding carboxylic acids is 1. The lowest BCUT2D eigenvalue weighted by molar-refractivity contribution is -0.131. The number of aromatic nitrogens is 2. The van der Waals surface area contributed by atoms with Crippen LogP contribution in [0.1, 0.15) is 16.8 Å². The lowest BCUT2D eigenvalue weighted by Gasteiger charge is -2.15. The highest BCUT2D eigenvalue weighted by molar-refractivity contribution is 5.79. The molecule has 0 bridgehead atoms. The van der Waals surface area contributed by atoms with Gasteiger partial charge in [-0.3, -0.25) is 4.79 Å². The summed E-state index contributed by atoms with van der Waals surface area (Å²) in [7, 11) is 0. The molecule has 0 saturated heterocycles. The van der Waals surface area contributed by atoms with Crippen LogP contribution in [0.4, 0.5) is 5.95 Å². The molecule has 0 fully saturated rings. The summed E-state index contributed by atoms with van der Waals surface area (Å²) >= 11 is 0. The van der Waals surface area contributed by atoms with Gasteiger partial charge in [-0.2, -0.15) is 0 Å². The summed E-state index contributed by atoms with van der Waals surface area (Å²) in [4.78, 5) is 22.6. The second-order valence-electron chi connectivity index (χ2n) is 6.19. The molecule has 4 rings (SSSR count). The quantitative estimate of drug-likeness (QED) is 0.801. The summed E-state index contributed by atoms with van der Waals surface area (Å²) in [5, 5.41) is 0. The van der Waals surface area contributed by atoms with Gasteiger partial charge in [0.15, 0.2) is 0 Å². The van der Waals surface area contributed by atoms with Crippen LogP contribution in [-0.4, -0.2) is 20.8 Å². The highest BCUT2D eigenvalue weighted by atomic mass is 16.2. The summed E-state index contributed by atoms with van der Waals surface area (Å²) in [5.74, 6) is 0.341. The van der Waals surface area contributed by atoms with Crippen LogP contribution < -0.4 is 5.73 Å². The molecule has 1 aliphatic heterocycles. The average Bonchev–Trinajstić information content (AvgIpc) is 3.06. The second kappa shape index (κ2) is 6.36. The number of nitrogens with zero attached hydrogens (tertiary/aromatic N) is 3. The van der Waals surface area contributed by atoms with E-state index in [2.05, 4.69) is 34.2 Å². The SMILES string of the molecule is Nc1ncc2c(n1)CN(C(=O)Cc1ccc(-c3ccccc3)cc1)C2. The van der Waals surface area contributed by atoms with Gasteiger partial charge >= 0.3 is 0 Å². The van der Waals surface area contributed by atoms with Crippen LogP contribution in [0.2, 0.25) is 0 Å². The number of nitrogen functional groups attached to an aromatic ring is 1. The third-order valence-corrected chi connectivity index (χ3v) is 4.44. The molecule has 1 amide bonds. The maximum absolute atomic E-state index is 12.6. The van der Waals surface area contributed by atoms with Gasteiger partial charge in [-0.15, -0.1) is 0 Å². The smallest absolute Gasteiger partial charge is 0.227 e. The Bertz CT molecular complexity index is 907. The van der Waals surface area contributed by atoms with E-state index in [-0.39, 0.29) is 11.9 Å². The van der Waals surface area contributed by atoms with Crippen LogP contribution in [0.3, 0.4) is 0 Å². The maximum Gasteiger partial charge on any atom is 0.227 e. The van der Waals surface area contributed by atoms with E-state index in [9.17, 15) is 4.79 Å². The Morgan fingerprint density at radius 2 is 1.72 bits per heavy atom. The molecule has 1 aliphatic rings. The number of amides is 1. The van der Waals surface area contributed by atoms with Crippen LogP contribution >= 0.6 is 0 Å². The summed E-state index contributed by atoms with van der Waals surface area (Å²) < 4.78 is 0. The first-order valence-corrected chi connectivity index (χ1v) is 8.21. The van der Waals surface area contributed by atoms with Crippen LogP contribution in [0.5, 0.6) is 0 Å². The average molecular weight is 330 g/mol. The third kappa shape index (κ3) is 3.21. The maximum atomic E-state index is 12.6. The fourth-order valence-corrected chi connectivity index (χ4v) is 3.08. The minimum atomic E-state index is 0.0871. The monoisotopic (exact) mass is 330 g/mol. The van der Waals surface area contributed by atoms with Crippen LogP contribution in [0.25, 0.3) is 11.1 Å². The van der Waals surface area contributed by atoms with Crippen molar-refractivity contribution in [1.82, 2.24) is 14.9 Å². The number of rotatable bonds is 3. The zero-order chi connectivity index (χ0) is 17.2. The van der Waals surface area contributed by atoms with E-state index in [1.54, 1.807) is 11.1 Å². The zero-order valence-electron chi connectivity index (χ0n) is 13.7. The molecule has 124 valence electrons. The van der Waals surface area contributed by atoms with Crippen molar-refractivity contribution < 1.29 is 4.79 Å². The minimum Gasteiger partial charge on any atom is -0.368 e. The molecule has 0 radical (unpaired) electrons. The molecule has 1 aromatic heterocycles. The van der Waals surface area contributed by atoms with E-state index in [0.29, 0.717) is 19.5 Å². The molecule has 5 heteroatoms. The Kier molecular flexibility index (Phi) is 3.90. The van der Waals surface area contributed by atoms with Crippen LogP contribution in [-0.2, 0) is 24.3 Å². The Balaban J connectivity index is 1.43. The molecule has 3 aromatic rings. The normalized spacial score (nSPS) is 12.9. The molecular weight excluding hydrogens is 312 g/mol. The predicted octanol–water partition coefficient (Wildman–Crippen LogP) is 2.81. The van der Waals surface area contributed by atoms with Gasteiger partial charge in [0.05, 0.1) is 18.7 Å². The molecule has 0 atom stereocenters. The largest absolute Gasteiger partial charge is 0.368 e. The fraction of sp³-hybridized carbons (Fsp3) is 0.150. The van der Waals surface area contributed by atoms with Gasteiger partial charge in [-0.25, -0.2) is 9.97 Å². The molecule has 2 N–H and O–H groups in total. The minimum absolute atomic E-state index is 0.0871. The number of hydrogen-bond acceptors (Lipinski definition) is 4. The molecule has 25 heavy (non-hydrogen) atoms. The van der Waals surface area contributed by atoms with E-state index in [4.69, 9.17) is 5.73 Å². The first-order valence-electron chi connectivity index (χ1n) is 8.21. The molecule has 5 nitrogen and oxygen atoms in total. The van der Waals surface area contributed by atoms with Gasteiger partial charge in [0.25, 0.3) is 0 Å². The third-order valence-electron chi connectivity index (χ3n) is 4.44. The molecule has 2 aromatic carbocycles. The topological polar surface area (TPSA) is 72.1 Å². The van der Waals surface area contributed by atoms with Crippen molar-refractivity contribution in [3.8, 4) is 11.1 Å². The summed E-state index contributed by atoms with van der Waals surface area (Å²) in [5.41, 5.74) is 10.8. The van der Waals surface area contributed by atoms with Crippen molar-refractivity contribution in [1.29, 1.82) is 0 Å². The van der Waals surface area contributed by atoms with E-state index < -0.39 is 0 Å². The van der Waals surface area contributed by atoms with Crippen molar-refractivity contribution in [3.05, 3.63) is 77.6 Å². The second-order valence-corrected chi connectivity index (χ2v) is 6.19. The Labute approximate surface area is 146 Å².